The molecule has 1 saturated heterocycles. The van der Waals surface area contributed by atoms with Crippen LogP contribution in [0.15, 0.2) is 0 Å². The van der Waals surface area contributed by atoms with Gasteiger partial charge in [-0.15, -0.1) is 0 Å². The molecule has 6 nitrogen and oxygen atoms in total. The first-order valence-corrected chi connectivity index (χ1v) is 9.45. The van der Waals surface area contributed by atoms with Gasteiger partial charge in [-0.2, -0.15) is 5.10 Å². The Morgan fingerprint density at radius 1 is 1.25 bits per heavy atom. The molecule has 3 atom stereocenters. The summed E-state index contributed by atoms with van der Waals surface area (Å²) in [6.07, 6.45) is 5.90. The highest BCUT2D eigenvalue weighted by Crippen LogP contribution is 2.26. The Hall–Kier alpha value is -0.980. The second-order valence-corrected chi connectivity index (χ2v) is 7.35. The summed E-state index contributed by atoms with van der Waals surface area (Å²) in [5.41, 5.74) is 0. The number of rotatable bonds is 6. The number of hydrogen-bond acceptors (Lipinski definition) is 5. The van der Waals surface area contributed by atoms with Gasteiger partial charge in [0.05, 0.1) is 32.0 Å². The summed E-state index contributed by atoms with van der Waals surface area (Å²) in [7, 11) is 0. The molecule has 2 aliphatic rings. The fourth-order valence-corrected chi connectivity index (χ4v) is 3.88. The van der Waals surface area contributed by atoms with Crippen molar-refractivity contribution in [3.63, 3.8) is 0 Å². The molecule has 1 aliphatic heterocycles. The monoisotopic (exact) mass is 336 g/mol. The SMILES string of the molecule is Cc1nc(C)n(C[C@@H]2CN(CCO[C@H]3CCCC[C@@H]3C)CCO2)n1. The molecule has 6 heteroatoms. The zero-order valence-electron chi connectivity index (χ0n) is 15.4. The van der Waals surface area contributed by atoms with Crippen molar-refractivity contribution in [1.29, 1.82) is 0 Å². The fourth-order valence-electron chi connectivity index (χ4n) is 3.88. The van der Waals surface area contributed by atoms with Gasteiger partial charge in [0.15, 0.2) is 0 Å². The second kappa shape index (κ2) is 8.41. The summed E-state index contributed by atoms with van der Waals surface area (Å²) in [6, 6.07) is 0. The minimum absolute atomic E-state index is 0.187. The second-order valence-electron chi connectivity index (χ2n) is 7.35. The van der Waals surface area contributed by atoms with Crippen LogP contribution >= 0.6 is 0 Å². The van der Waals surface area contributed by atoms with Gasteiger partial charge in [0.2, 0.25) is 0 Å². The van der Waals surface area contributed by atoms with Crippen molar-refractivity contribution in [3.05, 3.63) is 11.6 Å². The molecule has 0 amide bonds. The van der Waals surface area contributed by atoms with Gasteiger partial charge in [-0.25, -0.2) is 9.67 Å². The molecule has 0 unspecified atom stereocenters. The van der Waals surface area contributed by atoms with Gasteiger partial charge in [0.25, 0.3) is 0 Å². The molecule has 0 aromatic carbocycles. The van der Waals surface area contributed by atoms with Gasteiger partial charge in [0.1, 0.15) is 11.6 Å². The van der Waals surface area contributed by atoms with Crippen LogP contribution in [0.2, 0.25) is 0 Å². The molecule has 3 rings (SSSR count). The summed E-state index contributed by atoms with van der Waals surface area (Å²) in [5, 5.41) is 4.44. The molecule has 0 spiro atoms. The third kappa shape index (κ3) is 4.77. The predicted molar refractivity (Wildman–Crippen MR) is 93.0 cm³/mol. The quantitative estimate of drug-likeness (QED) is 0.797. The highest BCUT2D eigenvalue weighted by Gasteiger charge is 2.24. The van der Waals surface area contributed by atoms with Crippen LogP contribution in [0.25, 0.3) is 0 Å². The van der Waals surface area contributed by atoms with Crippen LogP contribution in [0.3, 0.4) is 0 Å². The zero-order chi connectivity index (χ0) is 16.9. The van der Waals surface area contributed by atoms with E-state index in [1.807, 2.05) is 18.5 Å². The lowest BCUT2D eigenvalue weighted by Crippen LogP contribution is -2.46. The number of hydrogen-bond donors (Lipinski definition) is 0. The van der Waals surface area contributed by atoms with Crippen LogP contribution < -0.4 is 0 Å². The first kappa shape index (κ1) is 17.8. The lowest BCUT2D eigenvalue weighted by molar-refractivity contribution is -0.0578. The van der Waals surface area contributed by atoms with E-state index < -0.39 is 0 Å². The van der Waals surface area contributed by atoms with Crippen LogP contribution in [-0.4, -0.2) is 64.7 Å². The summed E-state index contributed by atoms with van der Waals surface area (Å²) in [4.78, 5) is 6.83. The van der Waals surface area contributed by atoms with E-state index in [2.05, 4.69) is 21.9 Å². The van der Waals surface area contributed by atoms with Crippen LogP contribution in [0.4, 0.5) is 0 Å². The molecule has 0 bridgehead atoms. The number of morpholine rings is 1. The Morgan fingerprint density at radius 2 is 2.08 bits per heavy atom. The largest absolute Gasteiger partial charge is 0.377 e. The third-order valence-electron chi connectivity index (χ3n) is 5.33. The molecule has 1 saturated carbocycles. The zero-order valence-corrected chi connectivity index (χ0v) is 15.4. The Bertz CT molecular complexity index is 519. The highest BCUT2D eigenvalue weighted by molar-refractivity contribution is 4.88. The summed E-state index contributed by atoms with van der Waals surface area (Å²) in [6.45, 7) is 11.6. The summed E-state index contributed by atoms with van der Waals surface area (Å²) >= 11 is 0. The van der Waals surface area contributed by atoms with Crippen molar-refractivity contribution < 1.29 is 9.47 Å². The van der Waals surface area contributed by atoms with E-state index in [0.29, 0.717) is 6.10 Å². The molecule has 1 aliphatic carbocycles. The van der Waals surface area contributed by atoms with E-state index in [-0.39, 0.29) is 6.10 Å². The topological polar surface area (TPSA) is 52.4 Å². The van der Waals surface area contributed by atoms with Crippen LogP contribution in [0, 0.1) is 19.8 Å². The summed E-state index contributed by atoms with van der Waals surface area (Å²) < 4.78 is 14.0. The molecule has 2 fully saturated rings. The van der Waals surface area contributed by atoms with E-state index in [9.17, 15) is 0 Å². The van der Waals surface area contributed by atoms with Gasteiger partial charge < -0.3 is 9.47 Å². The molecule has 136 valence electrons. The van der Waals surface area contributed by atoms with Gasteiger partial charge in [-0.1, -0.05) is 19.8 Å². The number of nitrogens with zero attached hydrogens (tertiary/aromatic N) is 4. The Balaban J connectivity index is 1.41. The number of aromatic nitrogens is 3. The maximum absolute atomic E-state index is 6.16. The first-order valence-electron chi connectivity index (χ1n) is 9.45. The van der Waals surface area contributed by atoms with Gasteiger partial charge in [-0.3, -0.25) is 4.90 Å². The van der Waals surface area contributed by atoms with Gasteiger partial charge >= 0.3 is 0 Å². The maximum Gasteiger partial charge on any atom is 0.147 e. The predicted octanol–water partition coefficient (Wildman–Crippen LogP) is 2.19. The number of ether oxygens (including phenoxy) is 2. The van der Waals surface area contributed by atoms with E-state index >= 15 is 0 Å². The number of aryl methyl sites for hydroxylation is 2. The molecule has 2 heterocycles. The molecular formula is C18H32N4O2. The molecular weight excluding hydrogens is 304 g/mol. The smallest absolute Gasteiger partial charge is 0.147 e. The lowest BCUT2D eigenvalue weighted by Gasteiger charge is -2.34. The highest BCUT2D eigenvalue weighted by atomic mass is 16.5. The van der Waals surface area contributed by atoms with E-state index in [1.165, 1.54) is 25.7 Å². The van der Waals surface area contributed by atoms with E-state index in [0.717, 1.165) is 57.0 Å². The van der Waals surface area contributed by atoms with E-state index in [1.54, 1.807) is 0 Å². The Kier molecular flexibility index (Phi) is 6.25. The molecule has 24 heavy (non-hydrogen) atoms. The van der Waals surface area contributed by atoms with Crippen molar-refractivity contribution >= 4 is 0 Å². The van der Waals surface area contributed by atoms with Gasteiger partial charge in [-0.05, 0) is 32.6 Å². The van der Waals surface area contributed by atoms with Crippen molar-refractivity contribution in [1.82, 2.24) is 19.7 Å². The average molecular weight is 336 g/mol. The van der Waals surface area contributed by atoms with Crippen molar-refractivity contribution in [2.75, 3.05) is 32.8 Å². The minimum atomic E-state index is 0.187. The average Bonchev–Trinajstić information content (AvgIpc) is 2.87. The fraction of sp³-hybridized carbons (Fsp3) is 0.889. The van der Waals surface area contributed by atoms with Crippen LogP contribution in [0.1, 0.15) is 44.3 Å². The van der Waals surface area contributed by atoms with E-state index in [4.69, 9.17) is 9.47 Å². The van der Waals surface area contributed by atoms with Crippen molar-refractivity contribution in [3.8, 4) is 0 Å². The third-order valence-corrected chi connectivity index (χ3v) is 5.33. The van der Waals surface area contributed by atoms with Crippen LogP contribution in [0.5, 0.6) is 0 Å². The first-order chi connectivity index (χ1) is 11.6. The molecule has 1 aromatic heterocycles. The van der Waals surface area contributed by atoms with Gasteiger partial charge in [0, 0.05) is 19.6 Å². The normalized spacial score (nSPS) is 29.0. The van der Waals surface area contributed by atoms with Crippen molar-refractivity contribution in [2.24, 2.45) is 5.92 Å². The molecule has 0 radical (unpaired) electrons. The molecule has 1 aromatic rings. The minimum Gasteiger partial charge on any atom is -0.377 e. The summed E-state index contributed by atoms with van der Waals surface area (Å²) in [5.74, 6) is 2.51. The van der Waals surface area contributed by atoms with Crippen molar-refractivity contribution in [2.45, 2.75) is 65.2 Å². The maximum atomic E-state index is 6.16. The lowest BCUT2D eigenvalue weighted by atomic mass is 9.88. The standard InChI is InChI=1S/C18H32N4O2/c1-14-6-4-5-7-18(14)24-11-9-21-8-10-23-17(12-21)13-22-16(3)19-15(2)20-22/h14,17-18H,4-13H2,1-3H3/t14-,17-,18-/m0/s1. The van der Waals surface area contributed by atoms with Crippen LogP contribution in [-0.2, 0) is 16.0 Å². The Labute approximate surface area is 145 Å². The Morgan fingerprint density at radius 3 is 2.83 bits per heavy atom. The molecule has 0 N–H and O–H groups in total.